The molecule has 4 nitrogen and oxygen atoms in total. The van der Waals surface area contributed by atoms with Gasteiger partial charge in [0.05, 0.1) is 26.0 Å². The average Bonchev–Trinajstić information content (AvgIpc) is 2.74. The Balaban J connectivity index is 1.65. The van der Waals surface area contributed by atoms with Gasteiger partial charge in [0.1, 0.15) is 11.5 Å². The fourth-order valence-electron chi connectivity index (χ4n) is 4.04. The predicted octanol–water partition coefficient (Wildman–Crippen LogP) is 4.96. The lowest BCUT2D eigenvalue weighted by molar-refractivity contribution is 0.412. The number of hydrogen-bond donors (Lipinski definition) is 1. The molecule has 0 bridgehead atoms. The van der Waals surface area contributed by atoms with Crippen molar-refractivity contribution in [2.75, 3.05) is 14.2 Å². The molecule has 1 heterocycles. The fraction of sp³-hybridized carbons (Fsp3) is 0.304. The van der Waals surface area contributed by atoms with E-state index in [9.17, 15) is 0 Å². The summed E-state index contributed by atoms with van der Waals surface area (Å²) in [5, 5.41) is 3.99. The van der Waals surface area contributed by atoms with Crippen LogP contribution in [-0.2, 0) is 0 Å². The molecule has 4 rings (SSSR count). The zero-order chi connectivity index (χ0) is 19.5. The van der Waals surface area contributed by atoms with Crippen molar-refractivity contribution in [1.82, 2.24) is 5.32 Å². The van der Waals surface area contributed by atoms with Crippen molar-refractivity contribution in [3.8, 4) is 11.5 Å². The van der Waals surface area contributed by atoms with Gasteiger partial charge < -0.3 is 14.8 Å². The molecule has 0 aromatic heterocycles. The molecule has 1 N–H and O–H groups in total. The van der Waals surface area contributed by atoms with Crippen molar-refractivity contribution in [1.29, 1.82) is 0 Å². The quantitative estimate of drug-likeness (QED) is 0.747. The van der Waals surface area contributed by atoms with Gasteiger partial charge >= 0.3 is 0 Å². The highest BCUT2D eigenvalue weighted by atomic mass is 32.1. The van der Waals surface area contributed by atoms with Crippen LogP contribution in [-0.4, -0.2) is 25.0 Å². The van der Waals surface area contributed by atoms with Gasteiger partial charge in [0, 0.05) is 5.92 Å². The van der Waals surface area contributed by atoms with Crippen molar-refractivity contribution in [2.45, 2.75) is 25.3 Å². The minimum Gasteiger partial charge on any atom is -0.497 e. The minimum absolute atomic E-state index is 0.144. The first-order valence-corrected chi connectivity index (χ1v) is 9.97. The van der Waals surface area contributed by atoms with Crippen molar-refractivity contribution >= 4 is 29.1 Å². The Morgan fingerprint density at radius 3 is 2.29 bits per heavy atom. The lowest BCUT2D eigenvalue weighted by Crippen LogP contribution is -2.42. The van der Waals surface area contributed by atoms with E-state index >= 15 is 0 Å². The number of rotatable bonds is 4. The van der Waals surface area contributed by atoms with Gasteiger partial charge in [-0.2, -0.15) is 0 Å². The highest BCUT2D eigenvalue weighted by molar-refractivity contribution is 7.80. The number of aliphatic imine (C=N–C) groups is 1. The second-order valence-electron chi connectivity index (χ2n) is 7.14. The molecule has 1 aliphatic heterocycles. The summed E-state index contributed by atoms with van der Waals surface area (Å²) in [5.41, 5.74) is 4.78. The summed E-state index contributed by atoms with van der Waals surface area (Å²) in [4.78, 5) is 4.74. The maximum Gasteiger partial charge on any atom is 0.193 e. The number of thiocarbonyl (C=S) groups is 1. The summed E-state index contributed by atoms with van der Waals surface area (Å²) in [6.45, 7) is 0. The van der Waals surface area contributed by atoms with Gasteiger partial charge in [-0.3, -0.25) is 0 Å². The molecule has 2 atom stereocenters. The van der Waals surface area contributed by atoms with Gasteiger partial charge in [0.25, 0.3) is 0 Å². The Morgan fingerprint density at radius 1 is 1.00 bits per heavy atom. The highest BCUT2D eigenvalue weighted by Crippen LogP contribution is 2.38. The van der Waals surface area contributed by atoms with E-state index in [1.54, 1.807) is 14.2 Å². The van der Waals surface area contributed by atoms with Crippen LogP contribution in [0.15, 0.2) is 59.1 Å². The van der Waals surface area contributed by atoms with Gasteiger partial charge in [0.2, 0.25) is 0 Å². The van der Waals surface area contributed by atoms with E-state index in [0.717, 1.165) is 42.0 Å². The molecule has 1 saturated carbocycles. The number of hydrogen-bond acceptors (Lipinski definition) is 3. The van der Waals surface area contributed by atoms with Crippen LogP contribution in [0.2, 0.25) is 0 Å². The Bertz CT molecular complexity index is 917. The standard InChI is InChI=1S/C23H24N2O2S/c1-26-18-10-6-15(7-11-18)14-17-4-3-5-20-21(24-23(28)25-22(17)20)16-8-12-19(27-2)13-9-16/h6-14,20-21H,3-5H2,1-2H3,(H,24,28)/b17-14+/t20-,21+/m0/s1. The Kier molecular flexibility index (Phi) is 5.44. The maximum absolute atomic E-state index is 5.48. The summed E-state index contributed by atoms with van der Waals surface area (Å²) in [6.07, 6.45) is 5.51. The first-order valence-electron chi connectivity index (χ1n) is 9.56. The molecule has 1 fully saturated rings. The van der Waals surface area contributed by atoms with Crippen molar-refractivity contribution in [3.05, 3.63) is 65.2 Å². The number of ether oxygens (including phenoxy) is 2. The second kappa shape index (κ2) is 8.15. The number of nitrogens with one attached hydrogen (secondary N) is 1. The van der Waals surface area contributed by atoms with E-state index in [4.69, 9.17) is 26.7 Å². The third-order valence-corrected chi connectivity index (χ3v) is 5.69. The van der Waals surface area contributed by atoms with Gasteiger partial charge in [-0.25, -0.2) is 4.99 Å². The first-order chi connectivity index (χ1) is 13.7. The fourth-order valence-corrected chi connectivity index (χ4v) is 4.27. The molecule has 2 aliphatic rings. The van der Waals surface area contributed by atoms with Crippen LogP contribution in [0.25, 0.3) is 6.08 Å². The molecule has 2 aromatic rings. The maximum atomic E-state index is 5.48. The Hall–Kier alpha value is -2.66. The van der Waals surface area contributed by atoms with Crippen LogP contribution in [0.5, 0.6) is 11.5 Å². The van der Waals surface area contributed by atoms with E-state index in [1.807, 2.05) is 24.3 Å². The molecule has 0 amide bonds. The van der Waals surface area contributed by atoms with Gasteiger partial charge in [-0.1, -0.05) is 24.3 Å². The van der Waals surface area contributed by atoms with Crippen LogP contribution in [0, 0.1) is 5.92 Å². The lowest BCUT2D eigenvalue weighted by atomic mass is 9.76. The van der Waals surface area contributed by atoms with Crippen molar-refractivity contribution < 1.29 is 9.47 Å². The zero-order valence-electron chi connectivity index (χ0n) is 16.1. The average molecular weight is 393 g/mol. The summed E-state index contributed by atoms with van der Waals surface area (Å²) >= 11 is 5.48. The topological polar surface area (TPSA) is 42.8 Å². The van der Waals surface area contributed by atoms with E-state index < -0.39 is 0 Å². The molecule has 28 heavy (non-hydrogen) atoms. The lowest BCUT2D eigenvalue weighted by Gasteiger charge is -2.37. The predicted molar refractivity (Wildman–Crippen MR) is 117 cm³/mol. The summed E-state index contributed by atoms with van der Waals surface area (Å²) in [7, 11) is 3.37. The molecular weight excluding hydrogens is 368 g/mol. The molecule has 1 aliphatic carbocycles. The van der Waals surface area contributed by atoms with Crippen LogP contribution in [0.3, 0.4) is 0 Å². The zero-order valence-corrected chi connectivity index (χ0v) is 17.0. The smallest absolute Gasteiger partial charge is 0.193 e. The van der Waals surface area contributed by atoms with Gasteiger partial charge in [0.15, 0.2) is 5.11 Å². The molecule has 144 valence electrons. The van der Waals surface area contributed by atoms with Crippen LogP contribution < -0.4 is 14.8 Å². The largest absolute Gasteiger partial charge is 0.497 e. The molecule has 0 saturated heterocycles. The highest BCUT2D eigenvalue weighted by Gasteiger charge is 2.36. The number of nitrogens with zero attached hydrogens (tertiary/aromatic N) is 1. The number of benzene rings is 2. The number of methoxy groups -OCH3 is 2. The Labute approximate surface area is 171 Å². The monoisotopic (exact) mass is 392 g/mol. The van der Waals surface area contributed by atoms with E-state index in [1.165, 1.54) is 11.1 Å². The number of allylic oxidation sites excluding steroid dienone is 1. The summed E-state index contributed by atoms with van der Waals surface area (Å²) < 4.78 is 10.6. The molecule has 5 heteroatoms. The summed E-state index contributed by atoms with van der Waals surface area (Å²) in [5.74, 6) is 2.04. The van der Waals surface area contributed by atoms with E-state index in [2.05, 4.69) is 35.7 Å². The molecule has 2 aromatic carbocycles. The van der Waals surface area contributed by atoms with Crippen molar-refractivity contribution in [2.24, 2.45) is 10.9 Å². The summed E-state index contributed by atoms with van der Waals surface area (Å²) in [6, 6.07) is 16.5. The molecular formula is C23H24N2O2S. The third-order valence-electron chi connectivity index (χ3n) is 5.48. The molecule has 0 radical (unpaired) electrons. The van der Waals surface area contributed by atoms with Crippen LogP contribution >= 0.6 is 12.2 Å². The minimum atomic E-state index is 0.144. The third kappa shape index (κ3) is 3.80. The van der Waals surface area contributed by atoms with Gasteiger partial charge in [-0.05, 0) is 78.5 Å². The van der Waals surface area contributed by atoms with Crippen LogP contribution in [0.4, 0.5) is 0 Å². The molecule has 0 spiro atoms. The van der Waals surface area contributed by atoms with Crippen molar-refractivity contribution in [3.63, 3.8) is 0 Å². The van der Waals surface area contributed by atoms with E-state index in [0.29, 0.717) is 11.0 Å². The number of fused-ring (bicyclic) bond motifs is 1. The van der Waals surface area contributed by atoms with Crippen LogP contribution in [0.1, 0.15) is 36.4 Å². The SMILES string of the molecule is COc1ccc(/C=C2\CCC[C@@H]3C2=NC(=S)N[C@@H]3c2ccc(OC)cc2)cc1. The van der Waals surface area contributed by atoms with Gasteiger partial charge in [-0.15, -0.1) is 0 Å². The Morgan fingerprint density at radius 2 is 1.64 bits per heavy atom. The second-order valence-corrected chi connectivity index (χ2v) is 7.53. The first kappa shape index (κ1) is 18.7. The normalized spacial score (nSPS) is 22.9. The molecule has 0 unspecified atom stereocenters. The van der Waals surface area contributed by atoms with E-state index in [-0.39, 0.29) is 6.04 Å².